The first kappa shape index (κ1) is 16.5. The summed E-state index contributed by atoms with van der Waals surface area (Å²) in [5, 5.41) is 5.30. The fourth-order valence-electron chi connectivity index (χ4n) is 1.86. The van der Waals surface area contributed by atoms with E-state index >= 15 is 0 Å². The van der Waals surface area contributed by atoms with Gasteiger partial charge in [-0.15, -0.1) is 0 Å². The van der Waals surface area contributed by atoms with Gasteiger partial charge in [0.1, 0.15) is 12.4 Å². The van der Waals surface area contributed by atoms with Gasteiger partial charge in [0, 0.05) is 19.2 Å². The van der Waals surface area contributed by atoms with E-state index in [4.69, 9.17) is 4.74 Å². The molecule has 2 rings (SSSR count). The first-order valence-corrected chi connectivity index (χ1v) is 7.39. The zero-order valence-electron chi connectivity index (χ0n) is 12.7. The molecule has 2 aromatic rings. The lowest BCUT2D eigenvalue weighted by atomic mass is 10.2. The molecular weight excluding hydrogens is 294 g/mol. The van der Waals surface area contributed by atoms with Gasteiger partial charge in [-0.3, -0.25) is 4.79 Å². The van der Waals surface area contributed by atoms with Crippen LogP contribution in [0.15, 0.2) is 54.7 Å². The molecule has 0 fully saturated rings. The van der Waals surface area contributed by atoms with Crippen molar-refractivity contribution in [3.63, 3.8) is 0 Å². The highest BCUT2D eigenvalue weighted by Crippen LogP contribution is 2.02. The number of nitrogens with zero attached hydrogens (tertiary/aromatic N) is 1. The maximum Gasteiger partial charge on any atom is 0.407 e. The Morgan fingerprint density at radius 3 is 2.57 bits per heavy atom. The van der Waals surface area contributed by atoms with E-state index in [-0.39, 0.29) is 12.5 Å². The highest BCUT2D eigenvalue weighted by atomic mass is 16.5. The molecular formula is C17H19N3O3. The molecule has 6 nitrogen and oxygen atoms in total. The molecule has 2 N–H and O–H groups in total. The fourth-order valence-corrected chi connectivity index (χ4v) is 1.86. The van der Waals surface area contributed by atoms with Crippen molar-refractivity contribution in [2.75, 3.05) is 11.9 Å². The molecule has 0 aliphatic carbocycles. The minimum Gasteiger partial charge on any atom is -0.445 e. The number of carbonyl (C=O) groups is 2. The lowest BCUT2D eigenvalue weighted by Crippen LogP contribution is -2.26. The minimum atomic E-state index is -0.487. The maximum atomic E-state index is 11.7. The SMILES string of the molecule is O=C(CCCNC(=O)OCc1ccccc1)Nc1ccccn1. The molecule has 0 aliphatic heterocycles. The van der Waals surface area contributed by atoms with Crippen LogP contribution >= 0.6 is 0 Å². The Kier molecular flexibility index (Phi) is 6.59. The van der Waals surface area contributed by atoms with Crippen LogP contribution in [0.2, 0.25) is 0 Å². The molecule has 0 saturated carbocycles. The third-order valence-electron chi connectivity index (χ3n) is 3.00. The normalized spacial score (nSPS) is 9.91. The molecule has 1 heterocycles. The molecule has 23 heavy (non-hydrogen) atoms. The van der Waals surface area contributed by atoms with E-state index < -0.39 is 6.09 Å². The second-order valence-corrected chi connectivity index (χ2v) is 4.86. The van der Waals surface area contributed by atoms with Crippen LogP contribution in [0, 0.1) is 0 Å². The number of pyridine rings is 1. The van der Waals surface area contributed by atoms with Gasteiger partial charge in [0.15, 0.2) is 0 Å². The lowest BCUT2D eigenvalue weighted by Gasteiger charge is -2.07. The highest BCUT2D eigenvalue weighted by Gasteiger charge is 2.05. The number of hydrogen-bond acceptors (Lipinski definition) is 4. The van der Waals surface area contributed by atoms with Crippen molar-refractivity contribution >= 4 is 17.8 Å². The molecule has 1 aromatic carbocycles. The third kappa shape index (κ3) is 6.60. The molecule has 2 amide bonds. The average molecular weight is 313 g/mol. The standard InChI is InChI=1S/C17H19N3O3/c21-16(20-15-9-4-5-11-18-15)10-6-12-19-17(22)23-13-14-7-2-1-3-8-14/h1-5,7-9,11H,6,10,12-13H2,(H,19,22)(H,18,20,21). The lowest BCUT2D eigenvalue weighted by molar-refractivity contribution is -0.116. The number of hydrogen-bond donors (Lipinski definition) is 2. The van der Waals surface area contributed by atoms with Crippen molar-refractivity contribution in [1.29, 1.82) is 0 Å². The van der Waals surface area contributed by atoms with Gasteiger partial charge in [-0.1, -0.05) is 36.4 Å². The summed E-state index contributed by atoms with van der Waals surface area (Å²) < 4.78 is 5.07. The number of amides is 2. The molecule has 0 spiro atoms. The largest absolute Gasteiger partial charge is 0.445 e. The fraction of sp³-hybridized carbons (Fsp3) is 0.235. The Hall–Kier alpha value is -2.89. The number of benzene rings is 1. The summed E-state index contributed by atoms with van der Waals surface area (Å²) in [4.78, 5) is 27.2. The van der Waals surface area contributed by atoms with Crippen LogP contribution in [0.3, 0.4) is 0 Å². The average Bonchev–Trinajstić information content (AvgIpc) is 2.59. The molecule has 1 aromatic heterocycles. The van der Waals surface area contributed by atoms with Crippen molar-refractivity contribution in [1.82, 2.24) is 10.3 Å². The van der Waals surface area contributed by atoms with Gasteiger partial charge in [0.25, 0.3) is 0 Å². The van der Waals surface area contributed by atoms with Crippen LogP contribution in [-0.4, -0.2) is 23.5 Å². The van der Waals surface area contributed by atoms with E-state index in [1.165, 1.54) is 0 Å². The van der Waals surface area contributed by atoms with E-state index in [0.717, 1.165) is 5.56 Å². The summed E-state index contributed by atoms with van der Waals surface area (Å²) in [6, 6.07) is 14.7. The molecule has 0 aliphatic rings. The van der Waals surface area contributed by atoms with E-state index in [9.17, 15) is 9.59 Å². The van der Waals surface area contributed by atoms with Crippen molar-refractivity contribution < 1.29 is 14.3 Å². The predicted octanol–water partition coefficient (Wildman–Crippen LogP) is 2.73. The van der Waals surface area contributed by atoms with Gasteiger partial charge >= 0.3 is 6.09 Å². The number of anilines is 1. The number of nitrogens with one attached hydrogen (secondary N) is 2. The molecule has 6 heteroatoms. The van der Waals surface area contributed by atoms with Gasteiger partial charge in [0.05, 0.1) is 0 Å². The van der Waals surface area contributed by atoms with Crippen molar-refractivity contribution in [2.24, 2.45) is 0 Å². The quantitative estimate of drug-likeness (QED) is 0.770. The number of carbonyl (C=O) groups excluding carboxylic acids is 2. The van der Waals surface area contributed by atoms with Gasteiger partial charge in [-0.25, -0.2) is 9.78 Å². The molecule has 0 unspecified atom stereocenters. The molecule has 0 bridgehead atoms. The summed E-state index contributed by atoms with van der Waals surface area (Å²) in [6.07, 6.45) is 1.95. The van der Waals surface area contributed by atoms with Crippen LogP contribution in [0.25, 0.3) is 0 Å². The first-order chi connectivity index (χ1) is 11.2. The first-order valence-electron chi connectivity index (χ1n) is 7.39. The Morgan fingerprint density at radius 2 is 1.83 bits per heavy atom. The summed E-state index contributed by atoms with van der Waals surface area (Å²) >= 11 is 0. The maximum absolute atomic E-state index is 11.7. The second kappa shape index (κ2) is 9.19. The Morgan fingerprint density at radius 1 is 1.04 bits per heavy atom. The van der Waals surface area contributed by atoms with E-state index in [1.807, 2.05) is 30.3 Å². The zero-order chi connectivity index (χ0) is 16.3. The highest BCUT2D eigenvalue weighted by molar-refractivity contribution is 5.89. The third-order valence-corrected chi connectivity index (χ3v) is 3.00. The summed E-state index contributed by atoms with van der Waals surface area (Å²) in [5.74, 6) is 0.385. The van der Waals surface area contributed by atoms with Crippen LogP contribution in [-0.2, 0) is 16.1 Å². The zero-order valence-corrected chi connectivity index (χ0v) is 12.7. The number of aromatic nitrogens is 1. The Balaban J connectivity index is 1.56. The van der Waals surface area contributed by atoms with E-state index in [1.54, 1.807) is 24.4 Å². The predicted molar refractivity (Wildman–Crippen MR) is 86.7 cm³/mol. The monoisotopic (exact) mass is 313 g/mol. The van der Waals surface area contributed by atoms with Crippen LogP contribution in [0.1, 0.15) is 18.4 Å². The molecule has 0 saturated heterocycles. The second-order valence-electron chi connectivity index (χ2n) is 4.86. The smallest absolute Gasteiger partial charge is 0.407 e. The van der Waals surface area contributed by atoms with E-state index in [2.05, 4.69) is 15.6 Å². The number of ether oxygens (including phenoxy) is 1. The number of alkyl carbamates (subject to hydrolysis) is 1. The van der Waals surface area contributed by atoms with Crippen LogP contribution in [0.4, 0.5) is 10.6 Å². The molecule has 0 atom stereocenters. The van der Waals surface area contributed by atoms with Crippen molar-refractivity contribution in [3.05, 3.63) is 60.3 Å². The number of rotatable bonds is 7. The summed E-state index contributed by atoms with van der Waals surface area (Å²) in [5.41, 5.74) is 0.928. The summed E-state index contributed by atoms with van der Waals surface area (Å²) in [6.45, 7) is 0.607. The Labute approximate surface area is 134 Å². The van der Waals surface area contributed by atoms with Crippen molar-refractivity contribution in [2.45, 2.75) is 19.4 Å². The van der Waals surface area contributed by atoms with Crippen LogP contribution < -0.4 is 10.6 Å². The molecule has 120 valence electrons. The van der Waals surface area contributed by atoms with Gasteiger partial charge < -0.3 is 15.4 Å². The Bertz CT molecular complexity index is 617. The van der Waals surface area contributed by atoms with E-state index in [0.29, 0.717) is 25.2 Å². The van der Waals surface area contributed by atoms with Crippen molar-refractivity contribution in [3.8, 4) is 0 Å². The topological polar surface area (TPSA) is 80.3 Å². The van der Waals surface area contributed by atoms with Gasteiger partial charge in [-0.2, -0.15) is 0 Å². The van der Waals surface area contributed by atoms with Crippen LogP contribution in [0.5, 0.6) is 0 Å². The minimum absolute atomic E-state index is 0.136. The molecule has 0 radical (unpaired) electrons. The summed E-state index contributed by atoms with van der Waals surface area (Å²) in [7, 11) is 0. The van der Waals surface area contributed by atoms with Gasteiger partial charge in [-0.05, 0) is 24.1 Å². The van der Waals surface area contributed by atoms with Gasteiger partial charge in [0.2, 0.25) is 5.91 Å².